The zero-order valence-electron chi connectivity index (χ0n) is 32.1. The highest BCUT2D eigenvalue weighted by Crippen LogP contribution is 2.37. The Morgan fingerprint density at radius 1 is 0.646 bits per heavy atom. The quantitative estimate of drug-likeness (QED) is 0.0530. The number of hydrazine groups is 1. The van der Waals surface area contributed by atoms with Gasteiger partial charge in [-0.05, 0) is 66.7 Å². The molecule has 0 aliphatic carbocycles. The maximum Gasteiger partial charge on any atom is 0.224 e. The number of hydrogen-bond donors (Lipinski definition) is 4. The van der Waals surface area contributed by atoms with Gasteiger partial charge in [0.1, 0.15) is 12.4 Å². The molecule has 48 heavy (non-hydrogen) atoms. The van der Waals surface area contributed by atoms with E-state index < -0.39 is 42.9 Å². The van der Waals surface area contributed by atoms with E-state index in [0.717, 1.165) is 0 Å². The Morgan fingerprint density at radius 3 is 1.62 bits per heavy atom. The fraction of sp³-hybridized carbons (Fsp3) is 0.912. The molecule has 14 heteroatoms. The first-order valence-electron chi connectivity index (χ1n) is 16.8. The molecule has 0 spiro atoms. The highest BCUT2D eigenvalue weighted by atomic mass is 32.2. The lowest BCUT2D eigenvalue weighted by atomic mass is 9.69. The summed E-state index contributed by atoms with van der Waals surface area (Å²) >= 11 is 0. The summed E-state index contributed by atoms with van der Waals surface area (Å²) in [5, 5.41) is 6.44. The number of ketones is 3. The third-order valence-corrected chi connectivity index (χ3v) is 9.85. The molecule has 5 N–H and O–H groups in total. The fourth-order valence-corrected chi connectivity index (χ4v) is 7.28. The van der Waals surface area contributed by atoms with Crippen LogP contribution in [-0.2, 0) is 43.4 Å². The van der Waals surface area contributed by atoms with E-state index in [9.17, 15) is 22.8 Å². The zero-order valence-corrected chi connectivity index (χ0v) is 33.0. The molecule has 0 atom stereocenters. The first kappa shape index (κ1) is 46.6. The smallest absolute Gasteiger partial charge is 0.224 e. The average molecular weight is 709 g/mol. The van der Waals surface area contributed by atoms with Crippen LogP contribution in [0.25, 0.3) is 0 Å². The van der Waals surface area contributed by atoms with E-state index in [1.54, 1.807) is 48.5 Å². The first-order valence-corrected chi connectivity index (χ1v) is 18.4. The molecule has 0 aromatic heterocycles. The minimum atomic E-state index is -3.63. The SMILES string of the molecule is CC(=O)C(C)(C)CC(C)(C)OCCOCCNC(C)(C)C(=O)COCCOCCNC(C)(C)C(=O)C(C)(C)CC(C)(C)CS(=O)(=O)NN. The summed E-state index contributed by atoms with van der Waals surface area (Å²) in [6.45, 7) is 26.8. The molecule has 0 aliphatic rings. The van der Waals surface area contributed by atoms with Crippen LogP contribution in [0.1, 0.15) is 103 Å². The van der Waals surface area contributed by atoms with E-state index in [1.165, 1.54) is 0 Å². The van der Waals surface area contributed by atoms with Gasteiger partial charge >= 0.3 is 0 Å². The Hall–Kier alpha value is -1.36. The van der Waals surface area contributed by atoms with Gasteiger partial charge in [0.05, 0.1) is 62.1 Å². The highest BCUT2D eigenvalue weighted by Gasteiger charge is 2.43. The molecule has 0 aromatic carbocycles. The first-order chi connectivity index (χ1) is 21.6. The standard InChI is InChI=1S/C34H68N4O9S/c1-26(39)30(4,5)24-32(8,9)47-21-20-45-16-14-36-33(10,11)27(40)22-46-19-18-44-17-15-37-34(12,13)28(41)31(6,7)23-29(2,3)25-48(42,43)38-35/h36-38H,14-25,35H2,1-13H3. The molecule has 284 valence electrons. The number of carbonyl (C=O) groups is 3. The van der Waals surface area contributed by atoms with E-state index in [-0.39, 0.29) is 36.3 Å². The summed E-state index contributed by atoms with van der Waals surface area (Å²) in [6.07, 6.45) is 0.973. The largest absolute Gasteiger partial charge is 0.378 e. The van der Waals surface area contributed by atoms with Crippen LogP contribution in [0.3, 0.4) is 0 Å². The maximum absolute atomic E-state index is 13.4. The predicted molar refractivity (Wildman–Crippen MR) is 189 cm³/mol. The van der Waals surface area contributed by atoms with Gasteiger partial charge in [0.25, 0.3) is 0 Å². The Labute approximate surface area is 290 Å². The zero-order chi connectivity index (χ0) is 37.7. The number of ether oxygens (including phenoxy) is 4. The lowest BCUT2D eigenvalue weighted by Crippen LogP contribution is -2.54. The summed E-state index contributed by atoms with van der Waals surface area (Å²) in [6, 6.07) is 0. The minimum absolute atomic E-state index is 0.0365. The van der Waals surface area contributed by atoms with Crippen molar-refractivity contribution in [3.63, 3.8) is 0 Å². The van der Waals surface area contributed by atoms with Gasteiger partial charge in [-0.25, -0.2) is 8.42 Å². The summed E-state index contributed by atoms with van der Waals surface area (Å²) in [5.41, 5.74) is -4.00. The van der Waals surface area contributed by atoms with Crippen molar-refractivity contribution >= 4 is 27.4 Å². The molecule has 0 radical (unpaired) electrons. The third kappa shape index (κ3) is 18.6. The van der Waals surface area contributed by atoms with Crippen molar-refractivity contribution in [2.45, 2.75) is 120 Å². The van der Waals surface area contributed by atoms with E-state index >= 15 is 0 Å². The fourth-order valence-electron chi connectivity index (χ4n) is 6.06. The van der Waals surface area contributed by atoms with E-state index in [1.807, 2.05) is 46.4 Å². The normalized spacial score (nSPS) is 14.0. The van der Waals surface area contributed by atoms with Gasteiger partial charge in [-0.1, -0.05) is 41.5 Å². The molecule has 13 nitrogen and oxygen atoms in total. The summed E-state index contributed by atoms with van der Waals surface area (Å²) < 4.78 is 46.7. The van der Waals surface area contributed by atoms with Gasteiger partial charge in [-0.2, -0.15) is 4.83 Å². The van der Waals surface area contributed by atoms with Crippen LogP contribution in [0.2, 0.25) is 0 Å². The molecule has 0 bridgehead atoms. The van der Waals surface area contributed by atoms with Crippen molar-refractivity contribution < 1.29 is 41.7 Å². The third-order valence-electron chi connectivity index (χ3n) is 8.33. The van der Waals surface area contributed by atoms with Crippen molar-refractivity contribution in [3.8, 4) is 0 Å². The summed E-state index contributed by atoms with van der Waals surface area (Å²) in [7, 11) is -3.63. The molecule has 0 saturated heterocycles. The number of sulfonamides is 1. The predicted octanol–water partition coefficient (Wildman–Crippen LogP) is 2.95. The van der Waals surface area contributed by atoms with Crippen LogP contribution in [-0.4, -0.2) is 108 Å². The molecule has 0 aromatic rings. The van der Waals surface area contributed by atoms with Gasteiger partial charge in [-0.3, -0.25) is 20.2 Å². The molecular formula is C34H68N4O9S. The molecule has 0 aliphatic heterocycles. The van der Waals surface area contributed by atoms with Crippen molar-refractivity contribution in [1.29, 1.82) is 0 Å². The number of rotatable bonds is 28. The second kappa shape index (κ2) is 19.3. The van der Waals surface area contributed by atoms with Crippen molar-refractivity contribution in [3.05, 3.63) is 0 Å². The van der Waals surface area contributed by atoms with Crippen LogP contribution in [0, 0.1) is 16.2 Å². The topological polar surface area (TPSA) is 184 Å². The molecule has 0 saturated carbocycles. The molecule has 0 rings (SSSR count). The van der Waals surface area contributed by atoms with Gasteiger partial charge in [0.15, 0.2) is 11.6 Å². The van der Waals surface area contributed by atoms with Gasteiger partial charge in [0, 0.05) is 23.9 Å². The van der Waals surface area contributed by atoms with E-state index in [2.05, 4.69) is 10.6 Å². The van der Waals surface area contributed by atoms with Crippen molar-refractivity contribution in [1.82, 2.24) is 15.5 Å². The highest BCUT2D eigenvalue weighted by molar-refractivity contribution is 7.89. The molecular weight excluding hydrogens is 640 g/mol. The Kier molecular flexibility index (Phi) is 18.8. The lowest BCUT2D eigenvalue weighted by molar-refractivity contribution is -0.134. The molecule has 0 amide bonds. The maximum atomic E-state index is 13.4. The molecule has 0 unspecified atom stereocenters. The average Bonchev–Trinajstić information content (AvgIpc) is 2.91. The molecule has 0 fully saturated rings. The second-order valence-electron chi connectivity index (χ2n) is 16.5. The number of hydrogen-bond acceptors (Lipinski definition) is 12. The minimum Gasteiger partial charge on any atom is -0.378 e. The van der Waals surface area contributed by atoms with Crippen LogP contribution < -0.4 is 21.3 Å². The van der Waals surface area contributed by atoms with Gasteiger partial charge < -0.3 is 29.6 Å². The molecule has 0 heterocycles. The number of Topliss-reactive ketones (excluding diaryl/α,β-unsaturated/α-hetero) is 3. The second-order valence-corrected chi connectivity index (χ2v) is 18.2. The van der Waals surface area contributed by atoms with Gasteiger partial charge in [0.2, 0.25) is 10.0 Å². The van der Waals surface area contributed by atoms with Crippen LogP contribution in [0.15, 0.2) is 0 Å². The monoisotopic (exact) mass is 708 g/mol. The van der Waals surface area contributed by atoms with Crippen LogP contribution >= 0.6 is 0 Å². The van der Waals surface area contributed by atoms with Crippen LogP contribution in [0.5, 0.6) is 0 Å². The summed E-state index contributed by atoms with van der Waals surface area (Å²) in [4.78, 5) is 39.7. The number of carbonyl (C=O) groups excluding carboxylic acids is 3. The number of nitrogens with two attached hydrogens (primary N) is 1. The Bertz CT molecular complexity index is 1130. The summed E-state index contributed by atoms with van der Waals surface area (Å²) in [5.74, 6) is 4.95. The van der Waals surface area contributed by atoms with Gasteiger partial charge in [-0.15, -0.1) is 0 Å². The van der Waals surface area contributed by atoms with Crippen molar-refractivity contribution in [2.24, 2.45) is 22.1 Å². The van der Waals surface area contributed by atoms with E-state index in [4.69, 9.17) is 24.8 Å². The Morgan fingerprint density at radius 2 is 1.12 bits per heavy atom. The van der Waals surface area contributed by atoms with Crippen LogP contribution in [0.4, 0.5) is 0 Å². The Balaban J connectivity index is 4.29. The van der Waals surface area contributed by atoms with E-state index in [0.29, 0.717) is 59.0 Å². The van der Waals surface area contributed by atoms with Crippen molar-refractivity contribution in [2.75, 3.05) is 65.1 Å². The number of nitrogens with one attached hydrogen (secondary N) is 3. The lowest BCUT2D eigenvalue weighted by Gasteiger charge is -2.38.